The molecule has 0 atom stereocenters. The first-order valence-electron chi connectivity index (χ1n) is 7.34. The minimum absolute atomic E-state index is 0.242. The zero-order valence-electron chi connectivity index (χ0n) is 12.9. The zero-order valence-corrected chi connectivity index (χ0v) is 12.9. The predicted octanol–water partition coefficient (Wildman–Crippen LogP) is 4.73. The predicted molar refractivity (Wildman–Crippen MR) is 84.4 cm³/mol. The molecule has 1 N–H and O–H groups in total. The molecule has 0 amide bonds. The van der Waals surface area contributed by atoms with Crippen LogP contribution >= 0.6 is 0 Å². The van der Waals surface area contributed by atoms with Crippen molar-refractivity contribution < 1.29 is 9.13 Å². The van der Waals surface area contributed by atoms with Crippen molar-refractivity contribution in [3.8, 4) is 11.5 Å². The van der Waals surface area contributed by atoms with Crippen LogP contribution in [0, 0.1) is 19.7 Å². The third-order valence-corrected chi connectivity index (χ3v) is 3.35. The van der Waals surface area contributed by atoms with Gasteiger partial charge in [0, 0.05) is 6.54 Å². The van der Waals surface area contributed by atoms with Gasteiger partial charge in [-0.1, -0.05) is 19.1 Å². The highest BCUT2D eigenvalue weighted by Crippen LogP contribution is 2.28. The van der Waals surface area contributed by atoms with Gasteiger partial charge in [0.15, 0.2) is 0 Å². The lowest BCUT2D eigenvalue weighted by Crippen LogP contribution is -2.13. The van der Waals surface area contributed by atoms with E-state index in [-0.39, 0.29) is 5.82 Å². The molecule has 0 aliphatic carbocycles. The molecule has 2 aromatic carbocycles. The fourth-order valence-corrected chi connectivity index (χ4v) is 2.19. The molecule has 0 aliphatic heterocycles. The number of hydrogen-bond donors (Lipinski definition) is 1. The normalized spacial score (nSPS) is 10.7. The van der Waals surface area contributed by atoms with Crippen molar-refractivity contribution in [3.05, 3.63) is 58.9 Å². The molecule has 0 saturated heterocycles. The Labute approximate surface area is 126 Å². The van der Waals surface area contributed by atoms with Crippen LogP contribution in [0.2, 0.25) is 0 Å². The van der Waals surface area contributed by atoms with Crippen LogP contribution in [-0.2, 0) is 6.54 Å². The summed E-state index contributed by atoms with van der Waals surface area (Å²) in [4.78, 5) is 0. The van der Waals surface area contributed by atoms with Gasteiger partial charge < -0.3 is 10.1 Å². The number of nitrogens with one attached hydrogen (secondary N) is 1. The van der Waals surface area contributed by atoms with Crippen LogP contribution < -0.4 is 10.1 Å². The second-order valence-corrected chi connectivity index (χ2v) is 5.29. The van der Waals surface area contributed by atoms with Crippen molar-refractivity contribution in [2.24, 2.45) is 0 Å². The lowest BCUT2D eigenvalue weighted by atomic mass is 10.1. The number of aryl methyl sites for hydroxylation is 2. The van der Waals surface area contributed by atoms with Gasteiger partial charge in [0.05, 0.1) is 0 Å². The van der Waals surface area contributed by atoms with Gasteiger partial charge in [-0.2, -0.15) is 0 Å². The van der Waals surface area contributed by atoms with E-state index in [1.165, 1.54) is 17.7 Å². The Balaban J connectivity index is 2.10. The fourth-order valence-electron chi connectivity index (χ4n) is 2.19. The van der Waals surface area contributed by atoms with Gasteiger partial charge in [-0.25, -0.2) is 4.39 Å². The van der Waals surface area contributed by atoms with Crippen LogP contribution in [-0.4, -0.2) is 6.54 Å². The quantitative estimate of drug-likeness (QED) is 0.775. The average Bonchev–Trinajstić information content (AvgIpc) is 2.44. The summed E-state index contributed by atoms with van der Waals surface area (Å²) < 4.78 is 19.0. The van der Waals surface area contributed by atoms with Gasteiger partial charge in [-0.3, -0.25) is 0 Å². The molecule has 0 bridgehead atoms. The van der Waals surface area contributed by atoms with Crippen LogP contribution in [0.15, 0.2) is 36.4 Å². The minimum atomic E-state index is -0.242. The summed E-state index contributed by atoms with van der Waals surface area (Å²) in [6.45, 7) is 7.91. The largest absolute Gasteiger partial charge is 0.457 e. The lowest BCUT2D eigenvalue weighted by Gasteiger charge is -2.12. The first-order chi connectivity index (χ1) is 10.1. The fraction of sp³-hybridized carbons (Fsp3) is 0.333. The number of hydrogen-bond acceptors (Lipinski definition) is 2. The zero-order chi connectivity index (χ0) is 15.2. The van der Waals surface area contributed by atoms with E-state index in [1.807, 2.05) is 19.9 Å². The Kier molecular flexibility index (Phi) is 5.34. The number of rotatable bonds is 6. The van der Waals surface area contributed by atoms with E-state index in [0.29, 0.717) is 5.75 Å². The first-order valence-corrected chi connectivity index (χ1v) is 7.34. The summed E-state index contributed by atoms with van der Waals surface area (Å²) in [7, 11) is 0. The third kappa shape index (κ3) is 4.30. The number of benzene rings is 2. The Morgan fingerprint density at radius 1 is 1.00 bits per heavy atom. The number of halogens is 1. The molecular formula is C18H22FNO. The summed E-state index contributed by atoms with van der Waals surface area (Å²) in [6.07, 6.45) is 1.13. The second kappa shape index (κ2) is 7.23. The summed E-state index contributed by atoms with van der Waals surface area (Å²) in [5.41, 5.74) is 3.11. The van der Waals surface area contributed by atoms with Gasteiger partial charge in [0.1, 0.15) is 17.3 Å². The molecule has 0 aromatic heterocycles. The SMILES string of the molecule is CCCNCc1ccc(Oc2ccc(F)cc2C)c(C)c1. The number of ether oxygens (including phenoxy) is 1. The van der Waals surface area contributed by atoms with E-state index < -0.39 is 0 Å². The standard InChI is InChI=1S/C18H22FNO/c1-4-9-20-12-15-5-7-17(13(2)10-15)21-18-8-6-16(19)11-14(18)3/h5-8,10-11,20H,4,9,12H2,1-3H3. The first kappa shape index (κ1) is 15.5. The van der Waals surface area contributed by atoms with Gasteiger partial charge in [0.2, 0.25) is 0 Å². The maximum absolute atomic E-state index is 13.1. The summed E-state index contributed by atoms with van der Waals surface area (Å²) in [6, 6.07) is 10.7. The summed E-state index contributed by atoms with van der Waals surface area (Å²) in [5, 5.41) is 3.38. The molecular weight excluding hydrogens is 265 g/mol. The van der Waals surface area contributed by atoms with E-state index in [2.05, 4.69) is 24.4 Å². The Bertz CT molecular complexity index is 610. The maximum atomic E-state index is 13.1. The van der Waals surface area contributed by atoms with E-state index in [4.69, 9.17) is 4.74 Å². The van der Waals surface area contributed by atoms with Crippen LogP contribution in [0.4, 0.5) is 4.39 Å². The van der Waals surface area contributed by atoms with Gasteiger partial charge in [-0.15, -0.1) is 0 Å². The topological polar surface area (TPSA) is 21.3 Å². The molecule has 0 spiro atoms. The van der Waals surface area contributed by atoms with Crippen LogP contribution in [0.1, 0.15) is 30.0 Å². The van der Waals surface area contributed by atoms with E-state index >= 15 is 0 Å². The minimum Gasteiger partial charge on any atom is -0.457 e. The summed E-state index contributed by atoms with van der Waals surface area (Å²) >= 11 is 0. The molecule has 2 rings (SSSR count). The van der Waals surface area contributed by atoms with E-state index in [0.717, 1.165) is 36.4 Å². The van der Waals surface area contributed by atoms with Gasteiger partial charge in [-0.05, 0) is 67.8 Å². The Hall–Kier alpha value is -1.87. The second-order valence-electron chi connectivity index (χ2n) is 5.29. The monoisotopic (exact) mass is 287 g/mol. The van der Waals surface area contributed by atoms with E-state index in [1.54, 1.807) is 6.07 Å². The smallest absolute Gasteiger partial charge is 0.130 e. The Morgan fingerprint density at radius 3 is 2.29 bits per heavy atom. The van der Waals surface area contributed by atoms with Gasteiger partial charge >= 0.3 is 0 Å². The maximum Gasteiger partial charge on any atom is 0.130 e. The van der Waals surface area contributed by atoms with Crippen LogP contribution in [0.3, 0.4) is 0 Å². The van der Waals surface area contributed by atoms with Crippen molar-refractivity contribution in [2.45, 2.75) is 33.7 Å². The molecule has 2 nitrogen and oxygen atoms in total. The van der Waals surface area contributed by atoms with Crippen molar-refractivity contribution in [1.82, 2.24) is 5.32 Å². The molecule has 21 heavy (non-hydrogen) atoms. The van der Waals surface area contributed by atoms with Gasteiger partial charge in [0.25, 0.3) is 0 Å². The molecule has 0 heterocycles. The van der Waals surface area contributed by atoms with Crippen LogP contribution in [0.5, 0.6) is 11.5 Å². The highest BCUT2D eigenvalue weighted by atomic mass is 19.1. The molecule has 0 unspecified atom stereocenters. The highest BCUT2D eigenvalue weighted by Gasteiger charge is 2.06. The molecule has 0 radical (unpaired) electrons. The summed E-state index contributed by atoms with van der Waals surface area (Å²) in [5.74, 6) is 1.26. The molecule has 0 saturated carbocycles. The molecule has 112 valence electrons. The lowest BCUT2D eigenvalue weighted by molar-refractivity contribution is 0.472. The molecule has 3 heteroatoms. The van der Waals surface area contributed by atoms with E-state index in [9.17, 15) is 4.39 Å². The Morgan fingerprint density at radius 2 is 1.67 bits per heavy atom. The van der Waals surface area contributed by atoms with Crippen molar-refractivity contribution in [2.75, 3.05) is 6.54 Å². The van der Waals surface area contributed by atoms with Crippen LogP contribution in [0.25, 0.3) is 0 Å². The highest BCUT2D eigenvalue weighted by molar-refractivity contribution is 5.42. The van der Waals surface area contributed by atoms with Crippen molar-refractivity contribution in [3.63, 3.8) is 0 Å². The third-order valence-electron chi connectivity index (χ3n) is 3.35. The molecule has 0 fully saturated rings. The average molecular weight is 287 g/mol. The van der Waals surface area contributed by atoms with Crippen molar-refractivity contribution >= 4 is 0 Å². The molecule has 0 aliphatic rings. The van der Waals surface area contributed by atoms with Crippen molar-refractivity contribution in [1.29, 1.82) is 0 Å². The molecule has 2 aromatic rings.